The number of rotatable bonds is 5. The van der Waals surface area contributed by atoms with Crippen molar-refractivity contribution in [2.75, 3.05) is 13.2 Å². The molecule has 5 rings (SSSR count). The normalized spacial score (nSPS) is 26.4. The number of carbonyl (C=O) groups is 1. The summed E-state index contributed by atoms with van der Waals surface area (Å²) >= 11 is 0. The molecular formula is C22H24N4O6. The minimum absolute atomic E-state index is 0.184. The van der Waals surface area contributed by atoms with E-state index in [1.54, 1.807) is 42.1 Å². The van der Waals surface area contributed by atoms with Crippen molar-refractivity contribution < 1.29 is 28.8 Å². The van der Waals surface area contributed by atoms with Crippen molar-refractivity contribution in [2.24, 2.45) is 0 Å². The second-order valence-electron chi connectivity index (χ2n) is 8.16. The quantitative estimate of drug-likeness (QED) is 0.595. The molecule has 3 aromatic rings. The molecule has 32 heavy (non-hydrogen) atoms. The fraction of sp³-hybridized carbons (Fsp3) is 0.455. The summed E-state index contributed by atoms with van der Waals surface area (Å²) in [5.41, 5.74) is 3.03. The maximum Gasteiger partial charge on any atom is 0.338 e. The summed E-state index contributed by atoms with van der Waals surface area (Å²) in [6.07, 6.45) is 1.21. The Labute approximate surface area is 184 Å². The largest absolute Gasteiger partial charge is 0.462 e. The van der Waals surface area contributed by atoms with Gasteiger partial charge in [-0.25, -0.2) is 19.7 Å². The molecule has 2 aliphatic heterocycles. The molecule has 2 fully saturated rings. The summed E-state index contributed by atoms with van der Waals surface area (Å²) in [7, 11) is 0. The van der Waals surface area contributed by atoms with E-state index in [-0.39, 0.29) is 12.6 Å². The van der Waals surface area contributed by atoms with Gasteiger partial charge in [0.05, 0.1) is 25.1 Å². The zero-order chi connectivity index (χ0) is 22.5. The van der Waals surface area contributed by atoms with Crippen LogP contribution in [0.1, 0.15) is 37.4 Å². The number of aliphatic hydroxyl groups excluding tert-OH is 1. The van der Waals surface area contributed by atoms with Crippen LogP contribution in [0.3, 0.4) is 0 Å². The van der Waals surface area contributed by atoms with Gasteiger partial charge in [0.25, 0.3) is 0 Å². The Bertz CT molecular complexity index is 1150. The SMILES string of the molecule is CCOC(=O)c1ccc(-c2ncnc3c2ncn3C2OC(CO)C3OC(C)(C)OC32)cc1. The van der Waals surface area contributed by atoms with Crippen molar-refractivity contribution in [1.29, 1.82) is 0 Å². The lowest BCUT2D eigenvalue weighted by atomic mass is 10.1. The molecule has 0 saturated carbocycles. The van der Waals surface area contributed by atoms with Gasteiger partial charge in [0.1, 0.15) is 35.8 Å². The molecular weight excluding hydrogens is 416 g/mol. The Balaban J connectivity index is 1.50. The van der Waals surface area contributed by atoms with Gasteiger partial charge in [-0.2, -0.15) is 0 Å². The van der Waals surface area contributed by atoms with Gasteiger partial charge >= 0.3 is 5.97 Å². The first-order chi connectivity index (χ1) is 15.4. The lowest BCUT2D eigenvalue weighted by Gasteiger charge is -2.24. The fourth-order valence-corrected chi connectivity index (χ4v) is 4.26. The predicted octanol–water partition coefficient (Wildman–Crippen LogP) is 2.08. The van der Waals surface area contributed by atoms with Gasteiger partial charge in [-0.15, -0.1) is 0 Å². The smallest absolute Gasteiger partial charge is 0.338 e. The number of hydrogen-bond acceptors (Lipinski definition) is 9. The molecule has 0 aliphatic carbocycles. The number of ether oxygens (including phenoxy) is 4. The molecule has 0 amide bonds. The van der Waals surface area contributed by atoms with E-state index < -0.39 is 30.3 Å². The first-order valence-electron chi connectivity index (χ1n) is 10.5. The summed E-state index contributed by atoms with van der Waals surface area (Å²) in [6.45, 7) is 5.57. The number of nitrogens with zero attached hydrogens (tertiary/aromatic N) is 4. The van der Waals surface area contributed by atoms with Crippen LogP contribution in [0.2, 0.25) is 0 Å². The topological polar surface area (TPSA) is 118 Å². The van der Waals surface area contributed by atoms with E-state index in [1.165, 1.54) is 6.33 Å². The number of carbonyl (C=O) groups excluding carboxylic acids is 1. The van der Waals surface area contributed by atoms with Gasteiger partial charge in [0, 0.05) is 5.56 Å². The summed E-state index contributed by atoms with van der Waals surface area (Å²) < 4.78 is 24.9. The first-order valence-corrected chi connectivity index (χ1v) is 10.5. The lowest BCUT2D eigenvalue weighted by molar-refractivity contribution is -0.199. The number of hydrogen-bond donors (Lipinski definition) is 1. The van der Waals surface area contributed by atoms with E-state index in [9.17, 15) is 9.90 Å². The molecule has 2 aromatic heterocycles. The van der Waals surface area contributed by atoms with Gasteiger partial charge < -0.3 is 24.1 Å². The zero-order valence-electron chi connectivity index (χ0n) is 18.0. The van der Waals surface area contributed by atoms with Crippen LogP contribution < -0.4 is 0 Å². The van der Waals surface area contributed by atoms with Crippen molar-refractivity contribution in [3.63, 3.8) is 0 Å². The molecule has 0 radical (unpaired) electrons. The highest BCUT2D eigenvalue weighted by atomic mass is 16.8. The van der Waals surface area contributed by atoms with Crippen molar-refractivity contribution in [1.82, 2.24) is 19.5 Å². The third-order valence-corrected chi connectivity index (χ3v) is 5.61. The van der Waals surface area contributed by atoms with E-state index in [4.69, 9.17) is 18.9 Å². The molecule has 2 saturated heterocycles. The lowest BCUT2D eigenvalue weighted by Crippen LogP contribution is -2.31. The van der Waals surface area contributed by atoms with Crippen molar-refractivity contribution in [3.8, 4) is 11.3 Å². The van der Waals surface area contributed by atoms with Crippen LogP contribution in [0, 0.1) is 0 Å². The second kappa shape index (κ2) is 7.89. The Morgan fingerprint density at radius 2 is 1.91 bits per heavy atom. The fourth-order valence-electron chi connectivity index (χ4n) is 4.26. The summed E-state index contributed by atoms with van der Waals surface area (Å²) in [5.74, 6) is -1.15. The van der Waals surface area contributed by atoms with Crippen LogP contribution in [0.25, 0.3) is 22.4 Å². The molecule has 10 heteroatoms. The number of fused-ring (bicyclic) bond motifs is 2. The van der Waals surface area contributed by atoms with Crippen LogP contribution in [0.15, 0.2) is 36.9 Å². The minimum Gasteiger partial charge on any atom is -0.462 e. The number of imidazole rings is 1. The molecule has 4 atom stereocenters. The maximum atomic E-state index is 11.9. The highest BCUT2D eigenvalue weighted by Crippen LogP contribution is 2.43. The molecule has 0 bridgehead atoms. The monoisotopic (exact) mass is 440 g/mol. The predicted molar refractivity (Wildman–Crippen MR) is 112 cm³/mol. The zero-order valence-corrected chi connectivity index (χ0v) is 18.0. The standard InChI is InChI=1S/C22H24N4O6/c1-4-29-21(28)13-7-5-12(6-8-13)15-16-19(24-10-23-15)26(11-25-16)20-18-17(14(9-27)30-20)31-22(2,3)32-18/h5-8,10-11,14,17-18,20,27H,4,9H2,1-3H3. The van der Waals surface area contributed by atoms with Gasteiger partial charge in [0.15, 0.2) is 17.7 Å². The Morgan fingerprint density at radius 1 is 1.16 bits per heavy atom. The average Bonchev–Trinajstić information content (AvgIpc) is 3.44. The molecule has 1 aromatic carbocycles. The summed E-state index contributed by atoms with van der Waals surface area (Å²) in [5, 5.41) is 9.76. The van der Waals surface area contributed by atoms with Gasteiger partial charge in [-0.05, 0) is 32.9 Å². The molecule has 168 valence electrons. The van der Waals surface area contributed by atoms with Gasteiger partial charge in [-0.1, -0.05) is 12.1 Å². The molecule has 0 spiro atoms. The highest BCUT2D eigenvalue weighted by molar-refractivity contribution is 5.91. The van der Waals surface area contributed by atoms with Gasteiger partial charge in [0.2, 0.25) is 0 Å². The molecule has 2 aliphatic rings. The van der Waals surface area contributed by atoms with Crippen molar-refractivity contribution in [3.05, 3.63) is 42.5 Å². The van der Waals surface area contributed by atoms with E-state index >= 15 is 0 Å². The number of esters is 1. The van der Waals surface area contributed by atoms with E-state index in [0.29, 0.717) is 29.0 Å². The van der Waals surface area contributed by atoms with Crippen molar-refractivity contribution in [2.45, 2.75) is 51.1 Å². The highest BCUT2D eigenvalue weighted by Gasteiger charge is 2.56. The minimum atomic E-state index is -0.776. The first kappa shape index (κ1) is 21.0. The van der Waals surface area contributed by atoms with Crippen molar-refractivity contribution >= 4 is 17.1 Å². The van der Waals surface area contributed by atoms with Crippen LogP contribution in [0.4, 0.5) is 0 Å². The van der Waals surface area contributed by atoms with Crippen LogP contribution >= 0.6 is 0 Å². The van der Waals surface area contributed by atoms with Crippen LogP contribution in [-0.2, 0) is 18.9 Å². The van der Waals surface area contributed by atoms with E-state index in [2.05, 4.69) is 15.0 Å². The number of benzene rings is 1. The van der Waals surface area contributed by atoms with Crippen LogP contribution in [0.5, 0.6) is 0 Å². The molecule has 1 N–H and O–H groups in total. The molecule has 10 nitrogen and oxygen atoms in total. The second-order valence-corrected chi connectivity index (χ2v) is 8.16. The maximum absolute atomic E-state index is 11.9. The summed E-state index contributed by atoms with van der Waals surface area (Å²) in [4.78, 5) is 25.3. The Kier molecular flexibility index (Phi) is 5.17. The van der Waals surface area contributed by atoms with Gasteiger partial charge in [-0.3, -0.25) is 4.57 Å². The van der Waals surface area contributed by atoms with Crippen LogP contribution in [-0.4, -0.2) is 67.9 Å². The molecule has 4 heterocycles. The van der Waals surface area contributed by atoms with E-state index in [0.717, 1.165) is 5.56 Å². The summed E-state index contributed by atoms with van der Waals surface area (Å²) in [6, 6.07) is 6.99. The van der Waals surface area contributed by atoms with E-state index in [1.807, 2.05) is 13.8 Å². The Morgan fingerprint density at radius 3 is 2.62 bits per heavy atom. The Hall–Kier alpha value is -2.92. The number of aromatic nitrogens is 4. The molecule has 4 unspecified atom stereocenters. The average molecular weight is 440 g/mol. The number of aliphatic hydroxyl groups is 1. The third kappa shape index (κ3) is 3.45. The third-order valence-electron chi connectivity index (χ3n) is 5.61.